The van der Waals surface area contributed by atoms with Crippen molar-refractivity contribution >= 4 is 51.1 Å². The van der Waals surface area contributed by atoms with E-state index in [0.717, 1.165) is 28.4 Å². The lowest BCUT2D eigenvalue weighted by Gasteiger charge is -2.26. The summed E-state index contributed by atoms with van der Waals surface area (Å²) in [6, 6.07) is 5.85. The summed E-state index contributed by atoms with van der Waals surface area (Å²) < 4.78 is 5.93. The van der Waals surface area contributed by atoms with E-state index in [9.17, 15) is 4.79 Å². The van der Waals surface area contributed by atoms with Gasteiger partial charge in [-0.05, 0) is 74.5 Å². The van der Waals surface area contributed by atoms with E-state index in [4.69, 9.17) is 10.5 Å². The Morgan fingerprint density at radius 3 is 2.90 bits per heavy atom. The number of rotatable bonds is 6. The lowest BCUT2D eigenvalue weighted by atomic mass is 10.1. The van der Waals surface area contributed by atoms with E-state index >= 15 is 0 Å². The van der Waals surface area contributed by atoms with Gasteiger partial charge in [-0.1, -0.05) is 17.8 Å². The largest absolute Gasteiger partial charge is 0.492 e. The van der Waals surface area contributed by atoms with Crippen molar-refractivity contribution in [1.82, 2.24) is 15.2 Å². The first kappa shape index (κ1) is 20.9. The normalized spacial score (nSPS) is 20.1. The van der Waals surface area contributed by atoms with Crippen LogP contribution in [0.15, 0.2) is 34.3 Å². The molecule has 0 bridgehead atoms. The summed E-state index contributed by atoms with van der Waals surface area (Å²) in [7, 11) is 0. The Morgan fingerprint density at radius 1 is 1.33 bits per heavy atom. The SMILES string of the molecule is Cc1cc(OCCN2CCCCC2)ccc1N=C1NC(=O)/C(=C/c2cnc(N)s2)S1. The molecule has 1 amide bonds. The second kappa shape index (κ2) is 9.63. The number of thiazole rings is 1. The van der Waals surface area contributed by atoms with E-state index in [2.05, 4.69) is 20.2 Å². The Balaban J connectivity index is 1.36. The van der Waals surface area contributed by atoms with Crippen molar-refractivity contribution in [3.05, 3.63) is 39.7 Å². The summed E-state index contributed by atoms with van der Waals surface area (Å²) in [6.07, 6.45) is 7.36. The van der Waals surface area contributed by atoms with Gasteiger partial charge in [0.1, 0.15) is 12.4 Å². The van der Waals surface area contributed by atoms with Gasteiger partial charge in [0.2, 0.25) is 0 Å². The van der Waals surface area contributed by atoms with Crippen molar-refractivity contribution in [1.29, 1.82) is 0 Å². The van der Waals surface area contributed by atoms with Gasteiger partial charge in [-0.3, -0.25) is 9.69 Å². The van der Waals surface area contributed by atoms with Gasteiger partial charge in [0.15, 0.2) is 10.3 Å². The molecule has 158 valence electrons. The molecule has 9 heteroatoms. The van der Waals surface area contributed by atoms with Crippen LogP contribution >= 0.6 is 23.1 Å². The molecule has 0 unspecified atom stereocenters. The Morgan fingerprint density at radius 2 is 2.17 bits per heavy atom. The van der Waals surface area contributed by atoms with E-state index in [1.807, 2.05) is 25.1 Å². The number of aliphatic imine (C=N–C) groups is 1. The molecule has 4 rings (SSSR count). The third-order valence-electron chi connectivity index (χ3n) is 4.98. The summed E-state index contributed by atoms with van der Waals surface area (Å²) >= 11 is 2.65. The highest BCUT2D eigenvalue weighted by Crippen LogP contribution is 2.31. The monoisotopic (exact) mass is 443 g/mol. The van der Waals surface area contributed by atoms with E-state index < -0.39 is 0 Å². The lowest BCUT2D eigenvalue weighted by molar-refractivity contribution is -0.115. The minimum atomic E-state index is -0.166. The summed E-state index contributed by atoms with van der Waals surface area (Å²) in [5.74, 6) is 0.681. The number of nitrogens with two attached hydrogens (primary N) is 1. The van der Waals surface area contributed by atoms with Gasteiger partial charge >= 0.3 is 0 Å². The Kier molecular flexibility index (Phi) is 6.71. The molecule has 2 saturated heterocycles. The maximum atomic E-state index is 12.2. The Bertz CT molecular complexity index is 980. The zero-order valence-corrected chi connectivity index (χ0v) is 18.5. The molecule has 0 spiro atoms. The topological polar surface area (TPSA) is 92.8 Å². The van der Waals surface area contributed by atoms with Crippen LogP contribution in [0, 0.1) is 6.92 Å². The molecule has 7 nitrogen and oxygen atoms in total. The maximum absolute atomic E-state index is 12.2. The van der Waals surface area contributed by atoms with Crippen LogP contribution in [-0.4, -0.2) is 47.2 Å². The number of piperidine rings is 1. The van der Waals surface area contributed by atoms with Crippen LogP contribution in [0.4, 0.5) is 10.8 Å². The van der Waals surface area contributed by atoms with Gasteiger partial charge in [-0.25, -0.2) is 9.98 Å². The van der Waals surface area contributed by atoms with Crippen molar-refractivity contribution in [3.63, 3.8) is 0 Å². The molecule has 1 aromatic carbocycles. The molecular formula is C21H25N5O2S2. The standard InChI is InChI=1S/C21H25N5O2S2/c1-14-11-15(28-10-9-26-7-3-2-4-8-26)5-6-17(14)24-21-25-19(27)18(30-21)12-16-13-23-20(22)29-16/h5-6,11-13H,2-4,7-10H2,1H3,(H2,22,23)(H,24,25,27)/b18-12-. The number of carbonyl (C=O) groups is 1. The van der Waals surface area contributed by atoms with Gasteiger partial charge in [0.25, 0.3) is 5.91 Å². The highest BCUT2D eigenvalue weighted by molar-refractivity contribution is 8.18. The quantitative estimate of drug-likeness (QED) is 0.660. The summed E-state index contributed by atoms with van der Waals surface area (Å²) in [5.41, 5.74) is 7.46. The van der Waals surface area contributed by atoms with Crippen LogP contribution in [0.3, 0.4) is 0 Å². The van der Waals surface area contributed by atoms with Crippen LogP contribution in [0.2, 0.25) is 0 Å². The predicted molar refractivity (Wildman–Crippen MR) is 124 cm³/mol. The molecule has 2 aliphatic rings. The molecule has 0 aliphatic carbocycles. The van der Waals surface area contributed by atoms with Crippen LogP contribution in [0.25, 0.3) is 6.08 Å². The van der Waals surface area contributed by atoms with E-state index in [0.29, 0.717) is 21.8 Å². The summed E-state index contributed by atoms with van der Waals surface area (Å²) in [6.45, 7) is 6.00. The molecule has 2 aromatic rings. The first-order chi connectivity index (χ1) is 14.6. The molecule has 2 aliphatic heterocycles. The lowest BCUT2D eigenvalue weighted by Crippen LogP contribution is -2.33. The molecule has 0 saturated carbocycles. The van der Waals surface area contributed by atoms with Gasteiger partial charge < -0.3 is 15.8 Å². The zero-order chi connectivity index (χ0) is 20.9. The minimum Gasteiger partial charge on any atom is -0.492 e. The number of amidine groups is 1. The number of nitrogens with one attached hydrogen (secondary N) is 1. The Labute approximate surface area is 184 Å². The second-order valence-corrected chi connectivity index (χ2v) is 9.41. The number of amides is 1. The Hall–Kier alpha value is -2.36. The third-order valence-corrected chi connectivity index (χ3v) is 6.66. The number of anilines is 1. The number of carbonyl (C=O) groups excluding carboxylic acids is 1. The van der Waals surface area contributed by atoms with Crippen molar-refractivity contribution in [2.45, 2.75) is 26.2 Å². The zero-order valence-electron chi connectivity index (χ0n) is 16.9. The van der Waals surface area contributed by atoms with Crippen LogP contribution in [0.5, 0.6) is 5.75 Å². The van der Waals surface area contributed by atoms with Crippen LogP contribution in [0.1, 0.15) is 29.7 Å². The minimum absolute atomic E-state index is 0.166. The van der Waals surface area contributed by atoms with Crippen molar-refractivity contribution in [2.24, 2.45) is 4.99 Å². The second-order valence-electron chi connectivity index (χ2n) is 7.28. The molecule has 3 heterocycles. The van der Waals surface area contributed by atoms with Crippen molar-refractivity contribution in [3.8, 4) is 5.75 Å². The van der Waals surface area contributed by atoms with E-state index in [1.165, 1.54) is 55.5 Å². The smallest absolute Gasteiger partial charge is 0.264 e. The molecule has 3 N–H and O–H groups in total. The first-order valence-corrected chi connectivity index (χ1v) is 11.7. The van der Waals surface area contributed by atoms with Crippen LogP contribution in [-0.2, 0) is 4.79 Å². The summed E-state index contributed by atoms with van der Waals surface area (Å²) in [4.78, 5) is 24.7. The molecular weight excluding hydrogens is 418 g/mol. The van der Waals surface area contributed by atoms with E-state index in [-0.39, 0.29) is 5.91 Å². The highest BCUT2D eigenvalue weighted by Gasteiger charge is 2.24. The predicted octanol–water partition coefficient (Wildman–Crippen LogP) is 3.79. The number of aryl methyl sites for hydroxylation is 1. The number of thioether (sulfide) groups is 1. The van der Waals surface area contributed by atoms with Crippen molar-refractivity contribution < 1.29 is 9.53 Å². The maximum Gasteiger partial charge on any atom is 0.264 e. The molecule has 30 heavy (non-hydrogen) atoms. The number of hydrogen-bond acceptors (Lipinski definition) is 8. The average Bonchev–Trinajstić information content (AvgIpc) is 3.30. The number of ether oxygens (including phenoxy) is 1. The number of nitrogens with zero attached hydrogens (tertiary/aromatic N) is 3. The number of benzene rings is 1. The van der Waals surface area contributed by atoms with Gasteiger partial charge in [-0.2, -0.15) is 0 Å². The average molecular weight is 444 g/mol. The fourth-order valence-electron chi connectivity index (χ4n) is 3.41. The summed E-state index contributed by atoms with van der Waals surface area (Å²) in [5, 5.41) is 3.85. The van der Waals surface area contributed by atoms with Gasteiger partial charge in [-0.15, -0.1) is 0 Å². The van der Waals surface area contributed by atoms with E-state index in [1.54, 1.807) is 12.3 Å². The number of nitrogen functional groups attached to an aromatic ring is 1. The van der Waals surface area contributed by atoms with Crippen molar-refractivity contribution in [2.75, 3.05) is 32.0 Å². The van der Waals surface area contributed by atoms with Crippen LogP contribution < -0.4 is 15.8 Å². The number of aromatic nitrogens is 1. The van der Waals surface area contributed by atoms with Gasteiger partial charge in [0.05, 0.1) is 15.5 Å². The number of hydrogen-bond donors (Lipinski definition) is 2. The molecule has 0 atom stereocenters. The van der Waals surface area contributed by atoms with Gasteiger partial charge in [0, 0.05) is 12.7 Å². The molecule has 2 fully saturated rings. The first-order valence-electron chi connectivity index (χ1n) is 10.0. The molecule has 0 radical (unpaired) electrons. The third kappa shape index (κ3) is 5.41. The fourth-order valence-corrected chi connectivity index (χ4v) is 4.93. The fraction of sp³-hybridized carbons (Fsp3) is 0.381. The molecule has 1 aromatic heterocycles. The number of likely N-dealkylation sites (tertiary alicyclic amines) is 1. The highest BCUT2D eigenvalue weighted by atomic mass is 32.2.